The molecule has 0 atom stereocenters. The van der Waals surface area contributed by atoms with E-state index in [4.69, 9.17) is 33.2 Å². The second kappa shape index (κ2) is 13.8. The van der Waals surface area contributed by atoms with Crippen molar-refractivity contribution in [1.29, 1.82) is 0 Å². The lowest BCUT2D eigenvalue weighted by atomic mass is 10.3. The highest BCUT2D eigenvalue weighted by Crippen LogP contribution is 2.31. The summed E-state index contributed by atoms with van der Waals surface area (Å²) in [4.78, 5) is -0.921. The second-order valence-electron chi connectivity index (χ2n) is 7.36. The molecule has 13 nitrogen and oxygen atoms in total. The Morgan fingerprint density at radius 3 is 1.08 bits per heavy atom. The van der Waals surface area contributed by atoms with Crippen LogP contribution in [0, 0.1) is 0 Å². The summed E-state index contributed by atoms with van der Waals surface area (Å²) in [5.74, 6) is 0.554. The zero-order chi connectivity index (χ0) is 26.7. The SMILES string of the molecule is O=S(=O)([O-])c1ccc2c(c1)OCCOCCOCCOc1ccc(S(=O)(=O)[O-])cc1OCCOCCO2. The van der Waals surface area contributed by atoms with Gasteiger partial charge in [0.2, 0.25) is 0 Å². The van der Waals surface area contributed by atoms with Crippen molar-refractivity contribution >= 4 is 20.2 Å². The molecule has 1 heterocycles. The quantitative estimate of drug-likeness (QED) is 0.469. The maximum absolute atomic E-state index is 11.4. The molecule has 0 N–H and O–H groups in total. The van der Waals surface area contributed by atoms with Gasteiger partial charge in [-0.15, -0.1) is 0 Å². The Kier molecular flexibility index (Phi) is 10.7. The Morgan fingerprint density at radius 2 is 0.757 bits per heavy atom. The minimum atomic E-state index is -4.69. The van der Waals surface area contributed by atoms with Crippen LogP contribution in [0.5, 0.6) is 23.0 Å². The number of hydrogen-bond acceptors (Lipinski definition) is 13. The molecule has 3 rings (SSSR count). The summed E-state index contributed by atoms with van der Waals surface area (Å²) in [5.41, 5.74) is 0. The van der Waals surface area contributed by atoms with Crippen LogP contribution in [0.4, 0.5) is 0 Å². The third kappa shape index (κ3) is 9.62. The summed E-state index contributed by atoms with van der Waals surface area (Å²) < 4.78 is 107. The topological polar surface area (TPSA) is 179 Å². The fraction of sp³-hybridized carbons (Fsp3) is 0.455. The maximum Gasteiger partial charge on any atom is 0.162 e. The van der Waals surface area contributed by atoms with Crippen LogP contribution in [0.1, 0.15) is 0 Å². The first kappa shape index (κ1) is 28.9. The predicted molar refractivity (Wildman–Crippen MR) is 123 cm³/mol. The molecule has 0 bridgehead atoms. The Bertz CT molecular complexity index is 1230. The molecule has 37 heavy (non-hydrogen) atoms. The number of ether oxygens (including phenoxy) is 7. The highest BCUT2D eigenvalue weighted by atomic mass is 32.2. The van der Waals surface area contributed by atoms with E-state index in [0.29, 0.717) is 0 Å². The van der Waals surface area contributed by atoms with Gasteiger partial charge < -0.3 is 42.3 Å². The summed E-state index contributed by atoms with van der Waals surface area (Å²) in [7, 11) is -9.38. The molecule has 15 heteroatoms. The van der Waals surface area contributed by atoms with Crippen molar-refractivity contribution in [2.24, 2.45) is 0 Å². The molecular formula is C22H26O13S2-2. The van der Waals surface area contributed by atoms with Crippen LogP contribution in [0.15, 0.2) is 46.2 Å². The highest BCUT2D eigenvalue weighted by Gasteiger charge is 2.12. The number of hydrogen-bond donors (Lipinski definition) is 0. The van der Waals surface area contributed by atoms with Crippen LogP contribution in [0.3, 0.4) is 0 Å². The Hall–Kier alpha value is -2.66. The van der Waals surface area contributed by atoms with E-state index < -0.39 is 30.0 Å². The number of fused-ring (bicyclic) bond motifs is 2. The van der Waals surface area contributed by atoms with E-state index in [1.54, 1.807) is 0 Å². The van der Waals surface area contributed by atoms with Gasteiger partial charge in [-0.1, -0.05) is 0 Å². The van der Waals surface area contributed by atoms with E-state index in [0.717, 1.165) is 24.3 Å². The fourth-order valence-electron chi connectivity index (χ4n) is 3.02. The lowest BCUT2D eigenvalue weighted by molar-refractivity contribution is 0.0268. The Labute approximate surface area is 214 Å². The second-order valence-corrected chi connectivity index (χ2v) is 10.1. The molecule has 206 valence electrons. The maximum atomic E-state index is 11.4. The molecule has 1 aliphatic rings. The normalized spacial score (nSPS) is 17.4. The standard InChI is InChI=1S/C22H28O13S2/c23-36(24,25)17-2-4-20-21(15-17)34-13-9-30-6-5-29-7-11-32-19-3-1-18(37(26,27)28)16-22(19)35-14-10-31-8-12-33-20/h1-4,15-16H,5-14H2,(H,23,24,25)(H,26,27,28)/p-2. The van der Waals surface area contributed by atoms with E-state index in [1.807, 2.05) is 0 Å². The summed E-state index contributed by atoms with van der Waals surface area (Å²) in [6.45, 7) is 1.30. The van der Waals surface area contributed by atoms with Crippen LogP contribution in [-0.2, 0) is 34.4 Å². The van der Waals surface area contributed by atoms with Crippen molar-refractivity contribution in [2.45, 2.75) is 9.79 Å². The van der Waals surface area contributed by atoms with Gasteiger partial charge >= 0.3 is 0 Å². The summed E-state index contributed by atoms with van der Waals surface area (Å²) >= 11 is 0. The largest absolute Gasteiger partial charge is 0.744 e. The van der Waals surface area contributed by atoms with E-state index in [2.05, 4.69) is 0 Å². The molecule has 2 aromatic carbocycles. The molecular weight excluding hydrogens is 536 g/mol. The Morgan fingerprint density at radius 1 is 0.459 bits per heavy atom. The lowest BCUT2D eigenvalue weighted by Gasteiger charge is -2.16. The third-order valence-electron chi connectivity index (χ3n) is 4.72. The van der Waals surface area contributed by atoms with Crippen LogP contribution in [0.25, 0.3) is 0 Å². The molecule has 0 amide bonds. The molecule has 0 saturated carbocycles. The van der Waals surface area contributed by atoms with E-state index in [-0.39, 0.29) is 89.1 Å². The van der Waals surface area contributed by atoms with Crippen LogP contribution in [-0.4, -0.2) is 92.0 Å². The van der Waals surface area contributed by atoms with Crippen molar-refractivity contribution in [1.82, 2.24) is 0 Å². The third-order valence-corrected chi connectivity index (χ3v) is 6.38. The summed E-state index contributed by atoms with van der Waals surface area (Å²) in [5, 5.41) is 0. The van der Waals surface area contributed by atoms with Gasteiger partial charge in [0.05, 0.1) is 49.4 Å². The average molecular weight is 563 g/mol. The van der Waals surface area contributed by atoms with Gasteiger partial charge in [-0.2, -0.15) is 0 Å². The van der Waals surface area contributed by atoms with E-state index in [9.17, 15) is 25.9 Å². The van der Waals surface area contributed by atoms with Crippen molar-refractivity contribution in [3.63, 3.8) is 0 Å². The van der Waals surface area contributed by atoms with Gasteiger partial charge in [0.25, 0.3) is 0 Å². The van der Waals surface area contributed by atoms with Crippen molar-refractivity contribution in [3.8, 4) is 23.0 Å². The first-order chi connectivity index (χ1) is 17.6. The predicted octanol–water partition coefficient (Wildman–Crippen LogP) is 0.774. The molecule has 0 aliphatic carbocycles. The summed E-state index contributed by atoms with van der Waals surface area (Å²) in [6.07, 6.45) is 0. The van der Waals surface area contributed by atoms with E-state index in [1.165, 1.54) is 12.1 Å². The van der Waals surface area contributed by atoms with E-state index >= 15 is 0 Å². The molecule has 0 radical (unpaired) electrons. The lowest BCUT2D eigenvalue weighted by Crippen LogP contribution is -2.14. The molecule has 0 fully saturated rings. The van der Waals surface area contributed by atoms with Gasteiger partial charge in [0.1, 0.15) is 46.7 Å². The van der Waals surface area contributed by atoms with Gasteiger partial charge in [-0.05, 0) is 24.3 Å². The van der Waals surface area contributed by atoms with Crippen LogP contribution in [0.2, 0.25) is 0 Å². The first-order valence-electron chi connectivity index (χ1n) is 11.1. The van der Waals surface area contributed by atoms with Gasteiger partial charge in [-0.25, -0.2) is 16.8 Å². The first-order valence-corrected chi connectivity index (χ1v) is 13.9. The van der Waals surface area contributed by atoms with Gasteiger partial charge in [0, 0.05) is 12.1 Å². The smallest absolute Gasteiger partial charge is 0.162 e. The fourth-order valence-corrected chi connectivity index (χ4v) is 3.99. The molecule has 0 saturated heterocycles. The van der Waals surface area contributed by atoms with Crippen molar-refractivity contribution in [3.05, 3.63) is 36.4 Å². The molecule has 0 spiro atoms. The average Bonchev–Trinajstić information content (AvgIpc) is 2.83. The molecule has 0 unspecified atom stereocenters. The molecule has 2 aromatic rings. The Balaban J connectivity index is 1.66. The minimum Gasteiger partial charge on any atom is -0.744 e. The van der Waals surface area contributed by atoms with Crippen LogP contribution < -0.4 is 18.9 Å². The van der Waals surface area contributed by atoms with Crippen LogP contribution >= 0.6 is 0 Å². The van der Waals surface area contributed by atoms with Crippen molar-refractivity contribution < 1.29 is 59.1 Å². The number of rotatable bonds is 2. The number of benzene rings is 2. The zero-order valence-electron chi connectivity index (χ0n) is 19.7. The minimum absolute atomic E-state index is 0.0109. The van der Waals surface area contributed by atoms with Crippen molar-refractivity contribution in [2.75, 3.05) is 66.1 Å². The van der Waals surface area contributed by atoms with Gasteiger partial charge in [0.15, 0.2) is 23.0 Å². The summed E-state index contributed by atoms with van der Waals surface area (Å²) in [6, 6.07) is 7.05. The monoisotopic (exact) mass is 562 g/mol. The zero-order valence-corrected chi connectivity index (χ0v) is 21.3. The molecule has 1 aliphatic heterocycles. The highest BCUT2D eigenvalue weighted by molar-refractivity contribution is 7.86. The molecule has 0 aromatic heterocycles. The van der Waals surface area contributed by atoms with Gasteiger partial charge in [-0.3, -0.25) is 0 Å².